The van der Waals surface area contributed by atoms with Crippen molar-refractivity contribution in [3.8, 4) is 0 Å². The molecule has 0 saturated carbocycles. The molecular formula is C14H15N3O5. The molecule has 0 radical (unpaired) electrons. The van der Waals surface area contributed by atoms with Crippen LogP contribution >= 0.6 is 0 Å². The summed E-state index contributed by atoms with van der Waals surface area (Å²) in [6.45, 7) is 3.19. The number of carbonyl (C=O) groups is 2. The van der Waals surface area contributed by atoms with Crippen LogP contribution in [0, 0.1) is 17.0 Å². The van der Waals surface area contributed by atoms with Gasteiger partial charge >= 0.3 is 6.09 Å². The number of ether oxygens (including phenoxy) is 1. The molecule has 1 aromatic carbocycles. The molecule has 0 N–H and O–H groups in total. The fourth-order valence-corrected chi connectivity index (χ4v) is 2.85. The second-order valence-corrected chi connectivity index (χ2v) is 5.43. The average Bonchev–Trinajstić information content (AvgIpc) is 2.87. The fraction of sp³-hybridized carbons (Fsp3) is 0.429. The first-order valence-corrected chi connectivity index (χ1v) is 6.95. The van der Waals surface area contributed by atoms with Crippen LogP contribution in [-0.4, -0.2) is 59.0 Å². The Morgan fingerprint density at radius 2 is 2.18 bits per heavy atom. The van der Waals surface area contributed by atoms with Gasteiger partial charge in [0.05, 0.1) is 11.0 Å². The van der Waals surface area contributed by atoms with E-state index < -0.39 is 4.92 Å². The van der Waals surface area contributed by atoms with E-state index in [9.17, 15) is 19.7 Å². The molecular weight excluding hydrogens is 290 g/mol. The van der Waals surface area contributed by atoms with Gasteiger partial charge in [-0.05, 0) is 19.1 Å². The number of cyclic esters (lactones) is 1. The number of hydrogen-bond acceptors (Lipinski definition) is 5. The van der Waals surface area contributed by atoms with Gasteiger partial charge in [-0.15, -0.1) is 0 Å². The van der Waals surface area contributed by atoms with E-state index >= 15 is 0 Å². The normalized spacial score (nSPS) is 20.6. The van der Waals surface area contributed by atoms with Crippen LogP contribution in [0.25, 0.3) is 0 Å². The molecule has 0 aromatic heterocycles. The summed E-state index contributed by atoms with van der Waals surface area (Å²) >= 11 is 0. The van der Waals surface area contributed by atoms with Crippen molar-refractivity contribution in [2.24, 2.45) is 0 Å². The third-order valence-electron chi connectivity index (χ3n) is 4.04. The Balaban J connectivity index is 1.76. The topological polar surface area (TPSA) is 93.0 Å². The molecule has 116 valence electrons. The molecule has 2 aliphatic rings. The number of aryl methyl sites for hydroxylation is 1. The summed E-state index contributed by atoms with van der Waals surface area (Å²) in [5.74, 6) is -0.183. The predicted octanol–water partition coefficient (Wildman–Crippen LogP) is 1.18. The van der Waals surface area contributed by atoms with Crippen molar-refractivity contribution < 1.29 is 19.2 Å². The van der Waals surface area contributed by atoms with Crippen molar-refractivity contribution in [1.29, 1.82) is 0 Å². The first-order chi connectivity index (χ1) is 10.5. The van der Waals surface area contributed by atoms with Crippen LogP contribution in [0.1, 0.15) is 15.9 Å². The second kappa shape index (κ2) is 5.28. The highest BCUT2D eigenvalue weighted by molar-refractivity contribution is 5.95. The SMILES string of the molecule is Cc1cc(C(=O)N2CCN3C(=O)OCC3C2)ccc1[N+](=O)[O-]. The van der Waals surface area contributed by atoms with Crippen LogP contribution in [0.5, 0.6) is 0 Å². The Morgan fingerprint density at radius 1 is 1.41 bits per heavy atom. The summed E-state index contributed by atoms with van der Waals surface area (Å²) < 4.78 is 4.97. The Morgan fingerprint density at radius 3 is 2.86 bits per heavy atom. The fourth-order valence-electron chi connectivity index (χ4n) is 2.85. The van der Waals surface area contributed by atoms with Crippen molar-refractivity contribution in [3.63, 3.8) is 0 Å². The number of nitrogens with zero attached hydrogens (tertiary/aromatic N) is 3. The lowest BCUT2D eigenvalue weighted by Gasteiger charge is -2.35. The highest BCUT2D eigenvalue weighted by atomic mass is 16.6. The molecule has 22 heavy (non-hydrogen) atoms. The summed E-state index contributed by atoms with van der Waals surface area (Å²) in [4.78, 5) is 37.6. The average molecular weight is 305 g/mol. The molecule has 0 bridgehead atoms. The molecule has 2 aliphatic heterocycles. The lowest BCUT2D eigenvalue weighted by Crippen LogP contribution is -2.53. The van der Waals surface area contributed by atoms with E-state index in [1.54, 1.807) is 16.7 Å². The van der Waals surface area contributed by atoms with Crippen LogP contribution in [0.15, 0.2) is 18.2 Å². The van der Waals surface area contributed by atoms with Gasteiger partial charge in [0.25, 0.3) is 11.6 Å². The molecule has 1 atom stereocenters. The summed E-state index contributed by atoms with van der Waals surface area (Å²) in [6, 6.07) is 4.24. The van der Waals surface area contributed by atoms with Crippen molar-refractivity contribution in [1.82, 2.24) is 9.80 Å². The van der Waals surface area contributed by atoms with Crippen molar-refractivity contribution >= 4 is 17.7 Å². The number of fused-ring (bicyclic) bond motifs is 1. The van der Waals surface area contributed by atoms with Crippen LogP contribution in [0.3, 0.4) is 0 Å². The monoisotopic (exact) mass is 305 g/mol. The molecule has 2 saturated heterocycles. The lowest BCUT2D eigenvalue weighted by atomic mass is 10.1. The summed E-state index contributed by atoms with van der Waals surface area (Å²) in [5.41, 5.74) is 0.867. The molecule has 2 amide bonds. The van der Waals surface area contributed by atoms with Crippen LogP contribution in [-0.2, 0) is 4.74 Å². The summed E-state index contributed by atoms with van der Waals surface area (Å²) in [5, 5.41) is 10.8. The van der Waals surface area contributed by atoms with E-state index in [1.807, 2.05) is 0 Å². The minimum atomic E-state index is -0.468. The number of nitro benzene ring substituents is 1. The van der Waals surface area contributed by atoms with Crippen molar-refractivity contribution in [2.45, 2.75) is 13.0 Å². The molecule has 8 heteroatoms. The minimum absolute atomic E-state index is 0.00356. The van der Waals surface area contributed by atoms with Gasteiger partial charge in [-0.1, -0.05) is 0 Å². The maximum atomic E-state index is 12.5. The molecule has 8 nitrogen and oxygen atoms in total. The summed E-state index contributed by atoms with van der Waals surface area (Å²) in [6.07, 6.45) is -0.330. The molecule has 1 aromatic rings. The first-order valence-electron chi connectivity index (χ1n) is 6.95. The molecule has 0 spiro atoms. The van der Waals surface area contributed by atoms with Gasteiger partial charge in [0, 0.05) is 36.8 Å². The number of benzene rings is 1. The van der Waals surface area contributed by atoms with Crippen LogP contribution in [0.4, 0.5) is 10.5 Å². The lowest BCUT2D eigenvalue weighted by molar-refractivity contribution is -0.385. The maximum absolute atomic E-state index is 12.5. The van der Waals surface area contributed by atoms with E-state index in [-0.39, 0.29) is 23.7 Å². The Kier molecular flexibility index (Phi) is 3.44. The molecule has 2 heterocycles. The third kappa shape index (κ3) is 2.36. The molecule has 1 unspecified atom stereocenters. The number of piperazine rings is 1. The first kappa shape index (κ1) is 14.3. The van der Waals surface area contributed by atoms with E-state index in [4.69, 9.17) is 4.74 Å². The smallest absolute Gasteiger partial charge is 0.410 e. The van der Waals surface area contributed by atoms with Crippen LogP contribution in [0.2, 0.25) is 0 Å². The van der Waals surface area contributed by atoms with Gasteiger partial charge in [0.2, 0.25) is 0 Å². The number of nitro groups is 1. The van der Waals surface area contributed by atoms with E-state index in [0.717, 1.165) is 0 Å². The predicted molar refractivity (Wildman–Crippen MR) is 75.6 cm³/mol. The van der Waals surface area contributed by atoms with Gasteiger partial charge in [-0.3, -0.25) is 19.8 Å². The van der Waals surface area contributed by atoms with E-state index in [0.29, 0.717) is 37.4 Å². The zero-order valence-corrected chi connectivity index (χ0v) is 12.0. The zero-order chi connectivity index (χ0) is 15.9. The number of hydrogen-bond donors (Lipinski definition) is 0. The Bertz CT molecular complexity index is 660. The number of amides is 2. The molecule has 3 rings (SSSR count). The number of rotatable bonds is 2. The third-order valence-corrected chi connectivity index (χ3v) is 4.04. The van der Waals surface area contributed by atoms with Gasteiger partial charge < -0.3 is 9.64 Å². The largest absolute Gasteiger partial charge is 0.447 e. The molecule has 2 fully saturated rings. The van der Waals surface area contributed by atoms with Crippen LogP contribution < -0.4 is 0 Å². The van der Waals surface area contributed by atoms with E-state index in [2.05, 4.69) is 0 Å². The van der Waals surface area contributed by atoms with Gasteiger partial charge in [-0.25, -0.2) is 4.79 Å². The van der Waals surface area contributed by atoms with Gasteiger partial charge in [0.15, 0.2) is 0 Å². The molecule has 0 aliphatic carbocycles. The second-order valence-electron chi connectivity index (χ2n) is 5.43. The highest BCUT2D eigenvalue weighted by Crippen LogP contribution is 2.22. The Hall–Kier alpha value is -2.64. The summed E-state index contributed by atoms with van der Waals surface area (Å²) in [7, 11) is 0. The quantitative estimate of drug-likeness (QED) is 0.604. The Labute approximate surface area is 126 Å². The van der Waals surface area contributed by atoms with Gasteiger partial charge in [0.1, 0.15) is 6.61 Å². The van der Waals surface area contributed by atoms with Gasteiger partial charge in [-0.2, -0.15) is 0 Å². The highest BCUT2D eigenvalue weighted by Gasteiger charge is 2.38. The van der Waals surface area contributed by atoms with Crippen molar-refractivity contribution in [3.05, 3.63) is 39.4 Å². The maximum Gasteiger partial charge on any atom is 0.410 e. The van der Waals surface area contributed by atoms with E-state index in [1.165, 1.54) is 18.2 Å². The van der Waals surface area contributed by atoms with Crippen molar-refractivity contribution in [2.75, 3.05) is 26.2 Å². The number of carbonyl (C=O) groups excluding carboxylic acids is 2. The standard InChI is InChI=1S/C14H15N3O5/c1-9-6-10(2-3-12(9)17(20)21)13(18)15-4-5-16-11(7-15)8-22-14(16)19/h2-3,6,11H,4-5,7-8H2,1H3. The zero-order valence-electron chi connectivity index (χ0n) is 12.0. The minimum Gasteiger partial charge on any atom is -0.447 e.